The van der Waals surface area contributed by atoms with Crippen molar-refractivity contribution in [2.45, 2.75) is 44.6 Å². The summed E-state index contributed by atoms with van der Waals surface area (Å²) in [4.78, 5) is 4.39. The van der Waals surface area contributed by atoms with Crippen molar-refractivity contribution >= 4 is 5.96 Å². The predicted molar refractivity (Wildman–Crippen MR) is 101 cm³/mol. The van der Waals surface area contributed by atoms with Crippen molar-refractivity contribution in [3.63, 3.8) is 0 Å². The van der Waals surface area contributed by atoms with E-state index in [0.29, 0.717) is 12.6 Å². The van der Waals surface area contributed by atoms with Crippen molar-refractivity contribution < 1.29 is 9.47 Å². The van der Waals surface area contributed by atoms with Gasteiger partial charge in [0.1, 0.15) is 5.75 Å². The number of nitrogens with one attached hydrogen (secondary N) is 2. The maximum absolute atomic E-state index is 5.63. The number of aliphatic imine (C=N–C) groups is 1. The number of benzene rings is 1. The van der Waals surface area contributed by atoms with Crippen LogP contribution in [0.2, 0.25) is 0 Å². The van der Waals surface area contributed by atoms with Crippen molar-refractivity contribution in [2.24, 2.45) is 10.9 Å². The molecule has 1 aromatic carbocycles. The van der Waals surface area contributed by atoms with Gasteiger partial charge in [-0.05, 0) is 49.8 Å². The Hall–Kier alpha value is -1.75. The van der Waals surface area contributed by atoms with E-state index < -0.39 is 0 Å². The van der Waals surface area contributed by atoms with Crippen LogP contribution in [0.25, 0.3) is 0 Å². The molecule has 1 heterocycles. The van der Waals surface area contributed by atoms with Crippen LogP contribution in [0.15, 0.2) is 29.3 Å². The standard InChI is InChI=1S/C20H31N3O2/c1-4-25-17-7-5-16(6-8-17)20(9-11-24-12-10-20)14-22-19(21-3)23-18-13-15(18)2/h5-8,15,18H,4,9-14H2,1-3H3,(H2,21,22,23). The second kappa shape index (κ2) is 8.09. The first-order chi connectivity index (χ1) is 12.2. The van der Waals surface area contributed by atoms with E-state index in [4.69, 9.17) is 9.47 Å². The van der Waals surface area contributed by atoms with E-state index >= 15 is 0 Å². The zero-order valence-corrected chi connectivity index (χ0v) is 15.7. The smallest absolute Gasteiger partial charge is 0.191 e. The molecule has 0 aromatic heterocycles. The lowest BCUT2D eigenvalue weighted by atomic mass is 9.74. The molecule has 2 fully saturated rings. The third-order valence-electron chi connectivity index (χ3n) is 5.48. The number of hydrogen-bond acceptors (Lipinski definition) is 3. The molecule has 2 aliphatic rings. The number of ether oxygens (including phenoxy) is 2. The number of guanidine groups is 1. The molecule has 25 heavy (non-hydrogen) atoms. The van der Waals surface area contributed by atoms with E-state index in [-0.39, 0.29) is 5.41 Å². The van der Waals surface area contributed by atoms with E-state index in [1.807, 2.05) is 14.0 Å². The Morgan fingerprint density at radius 1 is 1.28 bits per heavy atom. The minimum atomic E-state index is 0.0791. The molecule has 0 amide bonds. The Labute approximate surface area is 151 Å². The summed E-state index contributed by atoms with van der Waals surface area (Å²) >= 11 is 0. The molecular weight excluding hydrogens is 314 g/mol. The summed E-state index contributed by atoms with van der Waals surface area (Å²) in [6, 6.07) is 9.14. The minimum Gasteiger partial charge on any atom is -0.494 e. The van der Waals surface area contributed by atoms with Crippen LogP contribution in [0, 0.1) is 5.92 Å². The van der Waals surface area contributed by atoms with Gasteiger partial charge in [0.15, 0.2) is 5.96 Å². The average molecular weight is 345 g/mol. The summed E-state index contributed by atoms with van der Waals surface area (Å²) in [7, 11) is 1.84. The zero-order chi connectivity index (χ0) is 17.7. The van der Waals surface area contributed by atoms with Crippen molar-refractivity contribution in [3.8, 4) is 5.75 Å². The predicted octanol–water partition coefficient (Wildman–Crippen LogP) is 2.71. The van der Waals surface area contributed by atoms with E-state index in [0.717, 1.165) is 50.2 Å². The summed E-state index contributed by atoms with van der Waals surface area (Å²) in [5, 5.41) is 7.07. The Morgan fingerprint density at radius 2 is 1.96 bits per heavy atom. The molecule has 5 nitrogen and oxygen atoms in total. The molecular formula is C20H31N3O2. The summed E-state index contributed by atoms with van der Waals surface area (Å²) in [5.74, 6) is 2.59. The van der Waals surface area contributed by atoms with Crippen LogP contribution < -0.4 is 15.4 Å². The van der Waals surface area contributed by atoms with Gasteiger partial charge in [-0.25, -0.2) is 0 Å². The summed E-state index contributed by atoms with van der Waals surface area (Å²) in [5.41, 5.74) is 1.43. The fourth-order valence-corrected chi connectivity index (χ4v) is 3.55. The SMILES string of the molecule is CCOc1ccc(C2(CNC(=NC)NC3CC3C)CCOCC2)cc1. The minimum absolute atomic E-state index is 0.0791. The molecule has 1 aromatic rings. The first-order valence-corrected chi connectivity index (χ1v) is 9.45. The molecule has 1 aliphatic heterocycles. The first-order valence-electron chi connectivity index (χ1n) is 9.45. The zero-order valence-electron chi connectivity index (χ0n) is 15.7. The lowest BCUT2D eigenvalue weighted by Gasteiger charge is -2.38. The highest BCUT2D eigenvalue weighted by molar-refractivity contribution is 5.80. The number of nitrogens with zero attached hydrogens (tertiary/aromatic N) is 1. The van der Waals surface area contributed by atoms with Crippen LogP contribution in [0.4, 0.5) is 0 Å². The molecule has 0 bridgehead atoms. The van der Waals surface area contributed by atoms with Gasteiger partial charge in [-0.2, -0.15) is 0 Å². The van der Waals surface area contributed by atoms with Gasteiger partial charge in [0, 0.05) is 38.3 Å². The van der Waals surface area contributed by atoms with Crippen LogP contribution in [0.5, 0.6) is 5.75 Å². The highest BCUT2D eigenvalue weighted by atomic mass is 16.5. The van der Waals surface area contributed by atoms with E-state index in [1.54, 1.807) is 0 Å². The van der Waals surface area contributed by atoms with Crippen molar-refractivity contribution in [1.82, 2.24) is 10.6 Å². The highest BCUT2D eigenvalue weighted by Gasteiger charge is 2.36. The highest BCUT2D eigenvalue weighted by Crippen LogP contribution is 2.35. The average Bonchev–Trinajstić information content (AvgIpc) is 3.35. The van der Waals surface area contributed by atoms with Crippen LogP contribution in [0.3, 0.4) is 0 Å². The summed E-state index contributed by atoms with van der Waals surface area (Å²) < 4.78 is 11.2. The fourth-order valence-electron chi connectivity index (χ4n) is 3.55. The van der Waals surface area contributed by atoms with Gasteiger partial charge in [-0.3, -0.25) is 4.99 Å². The van der Waals surface area contributed by atoms with Gasteiger partial charge >= 0.3 is 0 Å². The van der Waals surface area contributed by atoms with Crippen LogP contribution in [0.1, 0.15) is 38.7 Å². The van der Waals surface area contributed by atoms with Crippen LogP contribution >= 0.6 is 0 Å². The topological polar surface area (TPSA) is 54.9 Å². The van der Waals surface area contributed by atoms with Crippen LogP contribution in [-0.2, 0) is 10.2 Å². The Bertz CT molecular complexity index is 579. The van der Waals surface area contributed by atoms with Gasteiger partial charge < -0.3 is 20.1 Å². The third-order valence-corrected chi connectivity index (χ3v) is 5.48. The molecule has 0 spiro atoms. The second-order valence-electron chi connectivity index (χ2n) is 7.24. The van der Waals surface area contributed by atoms with Crippen molar-refractivity contribution in [3.05, 3.63) is 29.8 Å². The Morgan fingerprint density at radius 3 is 2.52 bits per heavy atom. The number of rotatable bonds is 6. The van der Waals surface area contributed by atoms with Crippen LogP contribution in [-0.4, -0.2) is 45.4 Å². The Balaban J connectivity index is 1.69. The molecule has 2 atom stereocenters. The lowest BCUT2D eigenvalue weighted by Crippen LogP contribution is -2.48. The molecule has 0 radical (unpaired) electrons. The molecule has 138 valence electrons. The fraction of sp³-hybridized carbons (Fsp3) is 0.650. The monoisotopic (exact) mass is 345 g/mol. The van der Waals surface area contributed by atoms with E-state index in [9.17, 15) is 0 Å². The van der Waals surface area contributed by atoms with Crippen molar-refractivity contribution in [2.75, 3.05) is 33.4 Å². The van der Waals surface area contributed by atoms with Gasteiger partial charge in [-0.1, -0.05) is 19.1 Å². The molecule has 1 aliphatic carbocycles. The maximum Gasteiger partial charge on any atom is 0.191 e. The Kier molecular flexibility index (Phi) is 5.84. The van der Waals surface area contributed by atoms with Crippen molar-refractivity contribution in [1.29, 1.82) is 0 Å². The van der Waals surface area contributed by atoms with Gasteiger partial charge in [-0.15, -0.1) is 0 Å². The second-order valence-corrected chi connectivity index (χ2v) is 7.24. The molecule has 1 saturated heterocycles. The quantitative estimate of drug-likeness (QED) is 0.615. The molecule has 2 N–H and O–H groups in total. The largest absolute Gasteiger partial charge is 0.494 e. The molecule has 5 heteroatoms. The third kappa shape index (κ3) is 4.46. The van der Waals surface area contributed by atoms with Gasteiger partial charge in [0.05, 0.1) is 6.61 Å². The first kappa shape index (κ1) is 18.1. The van der Waals surface area contributed by atoms with Gasteiger partial charge in [0.2, 0.25) is 0 Å². The normalized spacial score (nSPS) is 25.3. The van der Waals surface area contributed by atoms with E-state index in [1.165, 1.54) is 12.0 Å². The lowest BCUT2D eigenvalue weighted by molar-refractivity contribution is 0.0513. The van der Waals surface area contributed by atoms with Gasteiger partial charge in [0.25, 0.3) is 0 Å². The molecule has 1 saturated carbocycles. The summed E-state index contributed by atoms with van der Waals surface area (Å²) in [6.45, 7) is 7.45. The van der Waals surface area contributed by atoms with E-state index in [2.05, 4.69) is 46.8 Å². The maximum atomic E-state index is 5.63. The molecule has 2 unspecified atom stereocenters. The summed E-state index contributed by atoms with van der Waals surface area (Å²) in [6.07, 6.45) is 3.27. The molecule has 3 rings (SSSR count). The number of hydrogen-bond donors (Lipinski definition) is 2.